The third-order valence-electron chi connectivity index (χ3n) is 3.79. The lowest BCUT2D eigenvalue weighted by atomic mass is 9.89. The quantitative estimate of drug-likeness (QED) is 0.615. The van der Waals surface area contributed by atoms with E-state index in [2.05, 4.69) is 0 Å². The Hall–Kier alpha value is -1.75. The maximum absolute atomic E-state index is 11.8. The Balaban J connectivity index is 2.37. The van der Waals surface area contributed by atoms with Gasteiger partial charge >= 0.3 is 5.97 Å². The van der Waals surface area contributed by atoms with Crippen LogP contribution in [0.25, 0.3) is 0 Å². The third-order valence-corrected chi connectivity index (χ3v) is 3.79. The molecule has 5 nitrogen and oxygen atoms in total. The number of carbonyl (C=O) groups is 1. The van der Waals surface area contributed by atoms with Gasteiger partial charge in [0.1, 0.15) is 5.60 Å². The molecular weight excluding hydrogens is 248 g/mol. The summed E-state index contributed by atoms with van der Waals surface area (Å²) in [5, 5.41) is 0. The van der Waals surface area contributed by atoms with E-state index in [4.69, 9.17) is 18.9 Å². The number of esters is 1. The van der Waals surface area contributed by atoms with E-state index in [1.807, 2.05) is 19.1 Å². The second-order valence-electron chi connectivity index (χ2n) is 4.73. The van der Waals surface area contributed by atoms with Gasteiger partial charge in [0.25, 0.3) is 0 Å². The Morgan fingerprint density at radius 3 is 2.26 bits per heavy atom. The van der Waals surface area contributed by atoms with E-state index < -0.39 is 11.2 Å². The standard InChI is InChI=1S/C14H18O5/c1-13(14(2,19-13)12(15)18-5)9-6-7-10(16-3)11(8-9)17-4/h6-8H,1-5H3. The van der Waals surface area contributed by atoms with Crippen LogP contribution in [0.15, 0.2) is 18.2 Å². The molecule has 0 radical (unpaired) electrons. The molecule has 2 rings (SSSR count). The van der Waals surface area contributed by atoms with Crippen molar-refractivity contribution in [1.82, 2.24) is 0 Å². The van der Waals surface area contributed by atoms with Crippen LogP contribution in [0.2, 0.25) is 0 Å². The zero-order valence-corrected chi connectivity index (χ0v) is 11.8. The summed E-state index contributed by atoms with van der Waals surface area (Å²) in [6.45, 7) is 3.57. The molecule has 0 aromatic heterocycles. The average Bonchev–Trinajstić information content (AvgIpc) is 3.02. The molecule has 2 atom stereocenters. The largest absolute Gasteiger partial charge is 0.493 e. The number of rotatable bonds is 4. The lowest BCUT2D eigenvalue weighted by Gasteiger charge is -2.14. The second-order valence-corrected chi connectivity index (χ2v) is 4.73. The fraction of sp³-hybridized carbons (Fsp3) is 0.500. The normalized spacial score (nSPS) is 28.7. The first-order chi connectivity index (χ1) is 8.92. The minimum Gasteiger partial charge on any atom is -0.493 e. The maximum Gasteiger partial charge on any atom is 0.341 e. The number of ether oxygens (including phenoxy) is 4. The van der Waals surface area contributed by atoms with Gasteiger partial charge in [-0.2, -0.15) is 0 Å². The van der Waals surface area contributed by atoms with Gasteiger partial charge in [0, 0.05) is 0 Å². The van der Waals surface area contributed by atoms with E-state index in [9.17, 15) is 4.79 Å². The Morgan fingerprint density at radius 2 is 1.74 bits per heavy atom. The van der Waals surface area contributed by atoms with Gasteiger partial charge in [-0.25, -0.2) is 4.79 Å². The number of epoxide rings is 1. The molecule has 0 N–H and O–H groups in total. The molecule has 0 saturated carbocycles. The van der Waals surface area contributed by atoms with E-state index in [0.29, 0.717) is 11.5 Å². The number of benzene rings is 1. The summed E-state index contributed by atoms with van der Waals surface area (Å²) in [5.74, 6) is 0.851. The molecule has 1 fully saturated rings. The molecule has 19 heavy (non-hydrogen) atoms. The van der Waals surface area contributed by atoms with E-state index in [0.717, 1.165) is 5.56 Å². The van der Waals surface area contributed by atoms with E-state index in [-0.39, 0.29) is 5.97 Å². The number of hydrogen-bond acceptors (Lipinski definition) is 5. The van der Waals surface area contributed by atoms with Crippen LogP contribution in [-0.4, -0.2) is 32.9 Å². The predicted molar refractivity (Wildman–Crippen MR) is 68.4 cm³/mol. The van der Waals surface area contributed by atoms with E-state index in [1.54, 1.807) is 27.2 Å². The van der Waals surface area contributed by atoms with Crippen LogP contribution in [-0.2, 0) is 19.9 Å². The summed E-state index contributed by atoms with van der Waals surface area (Å²) in [6, 6.07) is 5.46. The molecule has 1 aromatic rings. The van der Waals surface area contributed by atoms with Crippen molar-refractivity contribution < 1.29 is 23.7 Å². The van der Waals surface area contributed by atoms with Crippen molar-refractivity contribution in [1.29, 1.82) is 0 Å². The average molecular weight is 266 g/mol. The van der Waals surface area contributed by atoms with Crippen molar-refractivity contribution in [2.45, 2.75) is 25.0 Å². The highest BCUT2D eigenvalue weighted by atomic mass is 16.7. The summed E-state index contributed by atoms with van der Waals surface area (Å²) in [4.78, 5) is 11.8. The van der Waals surface area contributed by atoms with Crippen LogP contribution in [0.3, 0.4) is 0 Å². The van der Waals surface area contributed by atoms with Gasteiger partial charge in [-0.15, -0.1) is 0 Å². The van der Waals surface area contributed by atoms with Crippen LogP contribution >= 0.6 is 0 Å². The van der Waals surface area contributed by atoms with Crippen molar-refractivity contribution >= 4 is 5.97 Å². The molecule has 1 saturated heterocycles. The Labute approximate surface area is 112 Å². The molecule has 1 aromatic carbocycles. The zero-order chi connectivity index (χ0) is 14.3. The molecule has 0 amide bonds. The van der Waals surface area contributed by atoms with Crippen LogP contribution in [0.1, 0.15) is 19.4 Å². The Morgan fingerprint density at radius 1 is 1.11 bits per heavy atom. The van der Waals surface area contributed by atoms with Crippen molar-refractivity contribution in [2.24, 2.45) is 0 Å². The predicted octanol–water partition coefficient (Wildman–Crippen LogP) is 1.88. The minimum absolute atomic E-state index is 0.384. The highest BCUT2D eigenvalue weighted by molar-refractivity contribution is 5.84. The van der Waals surface area contributed by atoms with Gasteiger partial charge in [-0.1, -0.05) is 6.07 Å². The van der Waals surface area contributed by atoms with Crippen LogP contribution in [0.5, 0.6) is 11.5 Å². The molecule has 1 aliphatic heterocycles. The summed E-state index contributed by atoms with van der Waals surface area (Å²) in [5.41, 5.74) is -0.820. The first-order valence-electron chi connectivity index (χ1n) is 5.94. The molecular formula is C14H18O5. The fourth-order valence-corrected chi connectivity index (χ4v) is 2.28. The highest BCUT2D eigenvalue weighted by Crippen LogP contribution is 2.56. The molecule has 2 unspecified atom stereocenters. The fourth-order valence-electron chi connectivity index (χ4n) is 2.28. The summed E-state index contributed by atoms with van der Waals surface area (Å²) in [7, 11) is 4.49. The van der Waals surface area contributed by atoms with Crippen molar-refractivity contribution in [2.75, 3.05) is 21.3 Å². The van der Waals surface area contributed by atoms with Gasteiger partial charge in [0.05, 0.1) is 21.3 Å². The van der Waals surface area contributed by atoms with Crippen molar-refractivity contribution in [3.05, 3.63) is 23.8 Å². The highest BCUT2D eigenvalue weighted by Gasteiger charge is 2.70. The van der Waals surface area contributed by atoms with E-state index in [1.165, 1.54) is 7.11 Å². The lowest BCUT2D eigenvalue weighted by Crippen LogP contribution is -2.29. The van der Waals surface area contributed by atoms with Gasteiger partial charge in [0.15, 0.2) is 17.1 Å². The topological polar surface area (TPSA) is 57.3 Å². The first kappa shape index (κ1) is 13.7. The Bertz CT molecular complexity index is 513. The van der Waals surface area contributed by atoms with Gasteiger partial charge in [-0.3, -0.25) is 0 Å². The lowest BCUT2D eigenvalue weighted by molar-refractivity contribution is -0.146. The monoisotopic (exact) mass is 266 g/mol. The summed E-state index contributed by atoms with van der Waals surface area (Å²) < 4.78 is 20.9. The SMILES string of the molecule is COC(=O)C1(C)OC1(C)c1ccc(OC)c(OC)c1. The summed E-state index contributed by atoms with van der Waals surface area (Å²) >= 11 is 0. The molecule has 0 bridgehead atoms. The molecule has 1 heterocycles. The first-order valence-corrected chi connectivity index (χ1v) is 5.94. The van der Waals surface area contributed by atoms with Crippen molar-refractivity contribution in [3.63, 3.8) is 0 Å². The van der Waals surface area contributed by atoms with E-state index >= 15 is 0 Å². The molecule has 5 heteroatoms. The van der Waals surface area contributed by atoms with Gasteiger partial charge in [-0.05, 0) is 31.5 Å². The number of hydrogen-bond donors (Lipinski definition) is 0. The summed E-state index contributed by atoms with van der Waals surface area (Å²) in [6.07, 6.45) is 0. The van der Waals surface area contributed by atoms with Gasteiger partial charge in [0.2, 0.25) is 0 Å². The molecule has 104 valence electrons. The van der Waals surface area contributed by atoms with Crippen LogP contribution in [0.4, 0.5) is 0 Å². The van der Waals surface area contributed by atoms with Crippen LogP contribution < -0.4 is 9.47 Å². The third kappa shape index (κ3) is 1.85. The van der Waals surface area contributed by atoms with Crippen LogP contribution in [0, 0.1) is 0 Å². The zero-order valence-electron chi connectivity index (χ0n) is 11.8. The molecule has 0 spiro atoms. The smallest absolute Gasteiger partial charge is 0.341 e. The number of methoxy groups -OCH3 is 3. The Kier molecular flexibility index (Phi) is 3.18. The number of carbonyl (C=O) groups excluding carboxylic acids is 1. The second kappa shape index (κ2) is 4.42. The molecule has 0 aliphatic carbocycles. The minimum atomic E-state index is -0.957. The van der Waals surface area contributed by atoms with Gasteiger partial charge < -0.3 is 18.9 Å². The molecule has 1 aliphatic rings. The van der Waals surface area contributed by atoms with Crippen molar-refractivity contribution in [3.8, 4) is 11.5 Å². The maximum atomic E-state index is 11.8.